The summed E-state index contributed by atoms with van der Waals surface area (Å²) in [6.07, 6.45) is 0.251. The van der Waals surface area contributed by atoms with Crippen LogP contribution in [-0.2, 0) is 19.1 Å². The second kappa shape index (κ2) is 6.76. The number of hydrogen-bond donors (Lipinski definition) is 0. The lowest BCUT2D eigenvalue weighted by atomic mass is 10.3. The number of ether oxygens (including phenoxy) is 1. The Balaban J connectivity index is 4.14. The molecule has 5 nitrogen and oxygen atoms in total. The van der Waals surface area contributed by atoms with Crippen LogP contribution >= 0.6 is 0 Å². The molecule has 0 saturated heterocycles. The van der Waals surface area contributed by atoms with Gasteiger partial charge in [0.1, 0.15) is 6.61 Å². The highest BCUT2D eigenvalue weighted by Gasteiger charge is 2.16. The summed E-state index contributed by atoms with van der Waals surface area (Å²) in [5.74, 6) is -1.11. The summed E-state index contributed by atoms with van der Waals surface area (Å²) >= 11 is 0. The Labute approximate surface area is 95.1 Å². The van der Waals surface area contributed by atoms with Crippen molar-refractivity contribution >= 4 is 18.2 Å². The monoisotopic (exact) mass is 227 g/mol. The Morgan fingerprint density at radius 1 is 1.44 bits per heavy atom. The zero-order valence-electron chi connectivity index (χ0n) is 9.86. The van der Waals surface area contributed by atoms with Crippen LogP contribution in [0.1, 0.15) is 20.8 Å². The van der Waals surface area contributed by atoms with E-state index in [4.69, 9.17) is 4.74 Å². The highest BCUT2D eigenvalue weighted by molar-refractivity contribution is 6.23. The first-order chi connectivity index (χ1) is 7.40. The van der Waals surface area contributed by atoms with E-state index in [0.717, 1.165) is 0 Å². The molecule has 0 aliphatic heterocycles. The van der Waals surface area contributed by atoms with Gasteiger partial charge in [-0.1, -0.05) is 6.58 Å². The lowest BCUT2D eigenvalue weighted by molar-refractivity contribution is -0.144. The maximum atomic E-state index is 11.2. The van der Waals surface area contributed by atoms with Gasteiger partial charge in [0.25, 0.3) is 5.91 Å². The maximum Gasteiger partial charge on any atom is 0.333 e. The number of esters is 1. The van der Waals surface area contributed by atoms with E-state index in [1.807, 2.05) is 0 Å². The highest BCUT2D eigenvalue weighted by Crippen LogP contribution is 1.99. The van der Waals surface area contributed by atoms with Crippen LogP contribution in [0.25, 0.3) is 0 Å². The second-order valence-electron chi connectivity index (χ2n) is 3.66. The van der Waals surface area contributed by atoms with Crippen LogP contribution in [0.3, 0.4) is 0 Å². The summed E-state index contributed by atoms with van der Waals surface area (Å²) in [7, 11) is 0. The second-order valence-corrected chi connectivity index (χ2v) is 3.66. The van der Waals surface area contributed by atoms with Gasteiger partial charge < -0.3 is 9.64 Å². The van der Waals surface area contributed by atoms with Crippen LogP contribution in [0.2, 0.25) is 0 Å². The Morgan fingerprint density at radius 2 is 2.00 bits per heavy atom. The molecule has 0 spiro atoms. The highest BCUT2D eigenvalue weighted by atomic mass is 16.5. The lowest BCUT2D eigenvalue weighted by Crippen LogP contribution is -2.40. The third kappa shape index (κ3) is 4.72. The molecule has 0 N–H and O–H groups in total. The molecule has 16 heavy (non-hydrogen) atoms. The van der Waals surface area contributed by atoms with Crippen LogP contribution in [0.5, 0.6) is 0 Å². The lowest BCUT2D eigenvalue weighted by Gasteiger charge is -2.24. The van der Waals surface area contributed by atoms with E-state index in [1.54, 1.807) is 20.8 Å². The SMILES string of the molecule is C=C(C)C(=O)OCCN(C(=O)C=O)C(C)C. The van der Waals surface area contributed by atoms with E-state index in [2.05, 4.69) is 6.58 Å². The van der Waals surface area contributed by atoms with Gasteiger partial charge in [0.15, 0.2) is 0 Å². The molecule has 0 fully saturated rings. The van der Waals surface area contributed by atoms with Crippen molar-refractivity contribution in [2.24, 2.45) is 0 Å². The predicted octanol–water partition coefficient (Wildman–Crippen LogP) is 0.542. The van der Waals surface area contributed by atoms with E-state index in [0.29, 0.717) is 5.57 Å². The first kappa shape index (κ1) is 14.3. The van der Waals surface area contributed by atoms with Crippen molar-refractivity contribution in [3.63, 3.8) is 0 Å². The quantitative estimate of drug-likeness (QED) is 0.287. The van der Waals surface area contributed by atoms with Gasteiger partial charge in [0, 0.05) is 11.6 Å². The maximum absolute atomic E-state index is 11.2. The van der Waals surface area contributed by atoms with Crippen LogP contribution in [0.15, 0.2) is 12.2 Å². The van der Waals surface area contributed by atoms with E-state index >= 15 is 0 Å². The van der Waals surface area contributed by atoms with Gasteiger partial charge in [-0.15, -0.1) is 0 Å². The molecule has 0 saturated carbocycles. The zero-order valence-corrected chi connectivity index (χ0v) is 9.86. The van der Waals surface area contributed by atoms with Crippen molar-refractivity contribution in [2.45, 2.75) is 26.8 Å². The predicted molar refractivity (Wildman–Crippen MR) is 58.7 cm³/mol. The van der Waals surface area contributed by atoms with Gasteiger partial charge in [0.05, 0.1) is 6.54 Å². The van der Waals surface area contributed by atoms with Crippen LogP contribution in [0, 0.1) is 0 Å². The standard InChI is InChI=1S/C11H17NO4/c1-8(2)11(15)16-6-5-12(9(3)4)10(14)7-13/h7,9H,1,5-6H2,2-4H3. The van der Waals surface area contributed by atoms with Crippen molar-refractivity contribution in [3.8, 4) is 0 Å². The number of hydrogen-bond acceptors (Lipinski definition) is 4. The fourth-order valence-electron chi connectivity index (χ4n) is 1.05. The average Bonchev–Trinajstić information content (AvgIpc) is 2.22. The number of amides is 1. The first-order valence-corrected chi connectivity index (χ1v) is 4.98. The fraction of sp³-hybridized carbons (Fsp3) is 0.545. The summed E-state index contributed by atoms with van der Waals surface area (Å²) in [5.41, 5.74) is 0.304. The molecule has 90 valence electrons. The van der Waals surface area contributed by atoms with Crippen LogP contribution in [-0.4, -0.2) is 42.3 Å². The van der Waals surface area contributed by atoms with Crippen molar-refractivity contribution in [1.82, 2.24) is 4.90 Å². The Morgan fingerprint density at radius 3 is 2.38 bits per heavy atom. The summed E-state index contributed by atoms with van der Waals surface area (Å²) < 4.78 is 4.83. The molecule has 0 radical (unpaired) electrons. The van der Waals surface area contributed by atoms with Gasteiger partial charge in [-0.25, -0.2) is 4.79 Å². The van der Waals surface area contributed by atoms with Gasteiger partial charge in [0.2, 0.25) is 6.29 Å². The number of carbonyl (C=O) groups excluding carboxylic acids is 3. The fourth-order valence-corrected chi connectivity index (χ4v) is 1.05. The molecule has 0 atom stereocenters. The van der Waals surface area contributed by atoms with Crippen LogP contribution in [0.4, 0.5) is 0 Å². The Kier molecular flexibility index (Phi) is 6.07. The van der Waals surface area contributed by atoms with Crippen molar-refractivity contribution < 1.29 is 19.1 Å². The van der Waals surface area contributed by atoms with E-state index in [9.17, 15) is 14.4 Å². The van der Waals surface area contributed by atoms with E-state index in [-0.39, 0.29) is 25.5 Å². The van der Waals surface area contributed by atoms with E-state index in [1.165, 1.54) is 4.90 Å². The van der Waals surface area contributed by atoms with E-state index < -0.39 is 11.9 Å². The van der Waals surface area contributed by atoms with Gasteiger partial charge in [-0.2, -0.15) is 0 Å². The number of carbonyl (C=O) groups is 3. The largest absolute Gasteiger partial charge is 0.460 e. The number of rotatable bonds is 6. The molecule has 5 heteroatoms. The van der Waals surface area contributed by atoms with Gasteiger partial charge >= 0.3 is 5.97 Å². The molecule has 0 aromatic heterocycles. The minimum atomic E-state index is -0.610. The third-order valence-electron chi connectivity index (χ3n) is 1.92. The molecule has 0 unspecified atom stereocenters. The molecule has 0 aromatic rings. The topological polar surface area (TPSA) is 63.7 Å². The zero-order chi connectivity index (χ0) is 12.7. The van der Waals surface area contributed by atoms with Crippen LogP contribution < -0.4 is 0 Å². The van der Waals surface area contributed by atoms with Crippen molar-refractivity contribution in [3.05, 3.63) is 12.2 Å². The molecule has 1 amide bonds. The molecular weight excluding hydrogens is 210 g/mol. The van der Waals surface area contributed by atoms with Gasteiger partial charge in [-0.05, 0) is 20.8 Å². The molecule has 0 aromatic carbocycles. The van der Waals surface area contributed by atoms with Crippen molar-refractivity contribution in [2.75, 3.05) is 13.2 Å². The molecule has 0 bridgehead atoms. The number of nitrogens with zero attached hydrogens (tertiary/aromatic N) is 1. The number of aldehydes is 1. The molecule has 0 rings (SSSR count). The first-order valence-electron chi connectivity index (χ1n) is 4.98. The average molecular weight is 227 g/mol. The molecular formula is C11H17NO4. The normalized spacial score (nSPS) is 9.75. The third-order valence-corrected chi connectivity index (χ3v) is 1.92. The molecule has 0 aliphatic carbocycles. The minimum Gasteiger partial charge on any atom is -0.460 e. The summed E-state index contributed by atoms with van der Waals surface area (Å²) in [6.45, 7) is 8.79. The molecule has 0 heterocycles. The summed E-state index contributed by atoms with van der Waals surface area (Å²) in [5, 5.41) is 0. The molecule has 0 aliphatic rings. The Bertz CT molecular complexity index is 296. The van der Waals surface area contributed by atoms with Crippen molar-refractivity contribution in [1.29, 1.82) is 0 Å². The summed E-state index contributed by atoms with van der Waals surface area (Å²) in [4.78, 5) is 33.9. The minimum absolute atomic E-state index is 0.0590. The Hall–Kier alpha value is -1.65. The smallest absolute Gasteiger partial charge is 0.333 e. The summed E-state index contributed by atoms with van der Waals surface area (Å²) in [6, 6.07) is -0.110. The van der Waals surface area contributed by atoms with Gasteiger partial charge in [-0.3, -0.25) is 9.59 Å².